The van der Waals surface area contributed by atoms with Crippen molar-refractivity contribution in [3.8, 4) is 0 Å². The van der Waals surface area contributed by atoms with Crippen LogP contribution in [0.15, 0.2) is 11.3 Å². The summed E-state index contributed by atoms with van der Waals surface area (Å²) in [5.41, 5.74) is 0.732. The Morgan fingerprint density at radius 3 is 2.93 bits per heavy atom. The van der Waals surface area contributed by atoms with E-state index in [1.54, 1.807) is 6.92 Å². The number of hydrogen-bond acceptors (Lipinski definition) is 4. The van der Waals surface area contributed by atoms with E-state index in [1.807, 2.05) is 0 Å². The van der Waals surface area contributed by atoms with E-state index in [9.17, 15) is 9.59 Å². The highest BCUT2D eigenvalue weighted by atomic mass is 32.2. The number of thioether (sulfide) groups is 1. The van der Waals surface area contributed by atoms with Crippen LogP contribution in [0.3, 0.4) is 0 Å². The Bertz CT molecular complexity index is 388. The molecule has 14 heavy (non-hydrogen) atoms. The first-order valence-corrected chi connectivity index (χ1v) is 5.05. The summed E-state index contributed by atoms with van der Waals surface area (Å²) in [5.74, 6) is -1.01. The van der Waals surface area contributed by atoms with Gasteiger partial charge in [-0.1, -0.05) is 0 Å². The first kappa shape index (κ1) is 9.26. The van der Waals surface area contributed by atoms with Crippen molar-refractivity contribution in [1.29, 1.82) is 5.41 Å². The van der Waals surface area contributed by atoms with Crippen molar-refractivity contribution in [2.75, 3.05) is 5.75 Å². The smallest absolute Gasteiger partial charge is 0.352 e. The van der Waals surface area contributed by atoms with E-state index in [0.717, 1.165) is 0 Å². The van der Waals surface area contributed by atoms with Crippen LogP contribution in [0.5, 0.6) is 0 Å². The van der Waals surface area contributed by atoms with Gasteiger partial charge in [-0.05, 0) is 12.5 Å². The molecule has 1 amide bonds. The molecule has 1 fully saturated rings. The van der Waals surface area contributed by atoms with Crippen LogP contribution in [0, 0.1) is 5.41 Å². The van der Waals surface area contributed by atoms with Crippen LogP contribution in [0.4, 0.5) is 0 Å². The third-order valence-electron chi connectivity index (χ3n) is 2.24. The van der Waals surface area contributed by atoms with Gasteiger partial charge in [0.25, 0.3) is 5.91 Å². The average molecular weight is 212 g/mol. The fourth-order valence-electron chi connectivity index (χ4n) is 1.55. The van der Waals surface area contributed by atoms with E-state index in [4.69, 9.17) is 10.5 Å². The van der Waals surface area contributed by atoms with Crippen LogP contribution >= 0.6 is 11.8 Å². The number of nitrogens with zero attached hydrogens (tertiary/aromatic N) is 1. The Morgan fingerprint density at radius 1 is 1.71 bits per heavy atom. The molecule has 5 nitrogen and oxygen atoms in total. The predicted molar refractivity (Wildman–Crippen MR) is 51.2 cm³/mol. The van der Waals surface area contributed by atoms with Crippen LogP contribution in [0.2, 0.25) is 0 Å². The van der Waals surface area contributed by atoms with Gasteiger partial charge < -0.3 is 5.11 Å². The Morgan fingerprint density at radius 2 is 2.36 bits per heavy atom. The molecule has 6 heteroatoms. The zero-order valence-corrected chi connectivity index (χ0v) is 8.22. The summed E-state index contributed by atoms with van der Waals surface area (Å²) >= 11 is 1.41. The third kappa shape index (κ3) is 1.00. The summed E-state index contributed by atoms with van der Waals surface area (Å²) in [6.45, 7) is 1.70. The fraction of sp³-hybridized carbons (Fsp3) is 0.375. The number of carboxylic acids is 1. The first-order chi connectivity index (χ1) is 6.54. The Balaban J connectivity index is 2.41. The second-order valence-electron chi connectivity index (χ2n) is 3.19. The fourth-order valence-corrected chi connectivity index (χ4v) is 2.71. The summed E-state index contributed by atoms with van der Waals surface area (Å²) in [5, 5.41) is 15.9. The molecule has 74 valence electrons. The number of hydrogen-bond donors (Lipinski definition) is 2. The lowest BCUT2D eigenvalue weighted by molar-refractivity contribution is -0.139. The average Bonchev–Trinajstić information content (AvgIpc) is 2.15. The van der Waals surface area contributed by atoms with Crippen LogP contribution in [0.1, 0.15) is 6.92 Å². The van der Waals surface area contributed by atoms with Crippen molar-refractivity contribution < 1.29 is 14.7 Å². The lowest BCUT2D eigenvalue weighted by Crippen LogP contribution is -2.61. The standard InChI is InChI=1S/C8H8N2O3S/c1-3-2-14-7-4(9)6(11)10(7)5(3)8(12)13/h7,9H,2H2,1H3,(H,12,13). The van der Waals surface area contributed by atoms with E-state index in [1.165, 1.54) is 16.7 Å². The summed E-state index contributed by atoms with van der Waals surface area (Å²) in [4.78, 5) is 23.3. The van der Waals surface area contributed by atoms with E-state index < -0.39 is 11.9 Å². The highest BCUT2D eigenvalue weighted by Crippen LogP contribution is 2.37. The molecule has 0 aromatic carbocycles. The van der Waals surface area contributed by atoms with E-state index >= 15 is 0 Å². The van der Waals surface area contributed by atoms with Gasteiger partial charge >= 0.3 is 5.97 Å². The zero-order valence-electron chi connectivity index (χ0n) is 7.40. The number of aliphatic carboxylic acids is 1. The van der Waals surface area contributed by atoms with Gasteiger partial charge in [0.1, 0.15) is 16.8 Å². The molecule has 2 N–H and O–H groups in total. The third-order valence-corrected chi connectivity index (χ3v) is 3.60. The van der Waals surface area contributed by atoms with Gasteiger partial charge in [-0.2, -0.15) is 0 Å². The minimum absolute atomic E-state index is 0.00116. The molecule has 0 aliphatic carbocycles. The molecule has 2 aliphatic heterocycles. The molecule has 2 aliphatic rings. The number of rotatable bonds is 1. The van der Waals surface area contributed by atoms with Gasteiger partial charge in [0.2, 0.25) is 0 Å². The van der Waals surface area contributed by atoms with Crippen molar-refractivity contribution in [2.45, 2.75) is 12.3 Å². The van der Waals surface area contributed by atoms with Crippen LogP contribution < -0.4 is 0 Å². The Kier molecular flexibility index (Phi) is 1.88. The molecule has 1 saturated heterocycles. The first-order valence-electron chi connectivity index (χ1n) is 4.00. The largest absolute Gasteiger partial charge is 0.477 e. The molecule has 2 heterocycles. The van der Waals surface area contributed by atoms with E-state index in [2.05, 4.69) is 0 Å². The lowest BCUT2D eigenvalue weighted by Gasteiger charge is -2.43. The number of amides is 1. The maximum absolute atomic E-state index is 11.2. The molecule has 1 atom stereocenters. The number of β-lactam (4-membered cyclic amide) rings is 1. The predicted octanol–water partition coefficient (Wildman–Crippen LogP) is 0.280. The molecule has 0 spiro atoms. The number of carbonyl (C=O) groups excluding carboxylic acids is 1. The summed E-state index contributed by atoms with van der Waals surface area (Å²) in [7, 11) is 0. The number of nitrogens with one attached hydrogen (secondary N) is 1. The van der Waals surface area contributed by atoms with Crippen molar-refractivity contribution >= 4 is 29.4 Å². The number of carbonyl (C=O) groups is 2. The summed E-state index contributed by atoms with van der Waals surface area (Å²) < 4.78 is 0. The van der Waals surface area contributed by atoms with E-state index in [0.29, 0.717) is 11.3 Å². The van der Waals surface area contributed by atoms with Crippen molar-refractivity contribution in [2.24, 2.45) is 0 Å². The molecule has 1 unspecified atom stereocenters. The second-order valence-corrected chi connectivity index (χ2v) is 4.25. The van der Waals surface area contributed by atoms with Gasteiger partial charge in [-0.3, -0.25) is 15.1 Å². The Hall–Kier alpha value is -1.30. The Labute approximate surface area is 84.3 Å². The second kappa shape index (κ2) is 2.84. The number of carboxylic acid groups (broad SMARTS) is 1. The van der Waals surface area contributed by atoms with Gasteiger partial charge in [0.05, 0.1) is 0 Å². The van der Waals surface area contributed by atoms with Crippen molar-refractivity contribution in [3.63, 3.8) is 0 Å². The van der Waals surface area contributed by atoms with Gasteiger partial charge in [-0.15, -0.1) is 11.8 Å². The maximum atomic E-state index is 11.2. The number of fused-ring (bicyclic) bond motifs is 1. The van der Waals surface area contributed by atoms with Crippen molar-refractivity contribution in [1.82, 2.24) is 4.90 Å². The summed E-state index contributed by atoms with van der Waals surface area (Å²) in [6.07, 6.45) is 0. The van der Waals surface area contributed by atoms with Crippen LogP contribution in [-0.4, -0.2) is 38.7 Å². The van der Waals surface area contributed by atoms with Gasteiger partial charge in [-0.25, -0.2) is 4.79 Å². The molecule has 0 aromatic heterocycles. The molecular weight excluding hydrogens is 204 g/mol. The molecule has 0 bridgehead atoms. The SMILES string of the molecule is CC1=C(C(=O)O)N2C(=O)C(=N)C2SC1. The highest BCUT2D eigenvalue weighted by molar-refractivity contribution is 8.01. The normalized spacial score (nSPS) is 26.1. The molecule has 2 rings (SSSR count). The lowest BCUT2D eigenvalue weighted by atomic mass is 10.1. The minimum atomic E-state index is -1.09. The van der Waals surface area contributed by atoms with Gasteiger partial charge in [0.15, 0.2) is 0 Å². The molecule has 0 aromatic rings. The minimum Gasteiger partial charge on any atom is -0.477 e. The molecule has 0 radical (unpaired) electrons. The maximum Gasteiger partial charge on any atom is 0.352 e. The van der Waals surface area contributed by atoms with Gasteiger partial charge in [0, 0.05) is 5.75 Å². The summed E-state index contributed by atoms with van der Waals surface area (Å²) in [6, 6.07) is 0. The van der Waals surface area contributed by atoms with Crippen LogP contribution in [0.25, 0.3) is 0 Å². The van der Waals surface area contributed by atoms with E-state index in [-0.39, 0.29) is 16.8 Å². The molecular formula is C8H8N2O3S. The topological polar surface area (TPSA) is 81.5 Å². The quantitative estimate of drug-likeness (QED) is 0.612. The zero-order chi connectivity index (χ0) is 10.5. The molecule has 0 saturated carbocycles. The van der Waals surface area contributed by atoms with Crippen molar-refractivity contribution in [3.05, 3.63) is 11.3 Å². The van der Waals surface area contributed by atoms with Crippen LogP contribution in [-0.2, 0) is 9.59 Å². The highest BCUT2D eigenvalue weighted by Gasteiger charge is 2.49. The monoisotopic (exact) mass is 212 g/mol.